The minimum Gasteiger partial charge on any atom is -0.507 e. The van der Waals surface area contributed by atoms with E-state index < -0.39 is 11.9 Å². The molecule has 2 heterocycles. The van der Waals surface area contributed by atoms with Crippen LogP contribution in [-0.4, -0.2) is 46.9 Å². The topological polar surface area (TPSA) is 87.6 Å². The first-order chi connectivity index (χ1) is 14.5. The molecule has 1 aliphatic heterocycles. The van der Waals surface area contributed by atoms with Gasteiger partial charge in [0.2, 0.25) is 0 Å². The maximum Gasteiger partial charge on any atom is 0.415 e. The number of aromatic hydroxyl groups is 1. The number of hydrogen-bond acceptors (Lipinski definition) is 6. The van der Waals surface area contributed by atoms with Gasteiger partial charge in [-0.2, -0.15) is 0 Å². The van der Waals surface area contributed by atoms with Gasteiger partial charge in [-0.1, -0.05) is 12.1 Å². The molecule has 2 aromatic carbocycles. The van der Waals surface area contributed by atoms with Crippen molar-refractivity contribution in [2.45, 2.75) is 26.3 Å². The minimum atomic E-state index is -0.641. The first-order valence-electron chi connectivity index (χ1n) is 9.92. The van der Waals surface area contributed by atoms with Crippen LogP contribution >= 0.6 is 0 Å². The van der Waals surface area contributed by atoms with Crippen molar-refractivity contribution < 1.29 is 19.0 Å². The number of hydrogen-bond donors (Lipinski definition) is 2. The molecule has 1 aromatic heterocycles. The van der Waals surface area contributed by atoms with E-state index >= 15 is 0 Å². The number of aromatic nitrogens is 2. The Morgan fingerprint density at radius 3 is 2.87 bits per heavy atom. The number of nitrogens with one attached hydrogen (secondary N) is 1. The van der Waals surface area contributed by atoms with E-state index in [1.54, 1.807) is 6.92 Å². The van der Waals surface area contributed by atoms with E-state index in [9.17, 15) is 14.3 Å². The minimum absolute atomic E-state index is 0.0129. The number of ether oxygens (including phenoxy) is 1. The largest absolute Gasteiger partial charge is 0.507 e. The number of aryl methyl sites for hydroxylation is 1. The zero-order chi connectivity index (χ0) is 21.3. The molecule has 0 spiro atoms. The van der Waals surface area contributed by atoms with Crippen molar-refractivity contribution in [1.29, 1.82) is 0 Å². The number of rotatable bonds is 4. The van der Waals surface area contributed by atoms with Crippen molar-refractivity contribution in [1.82, 2.24) is 15.3 Å². The van der Waals surface area contributed by atoms with E-state index in [4.69, 9.17) is 4.74 Å². The molecule has 30 heavy (non-hydrogen) atoms. The van der Waals surface area contributed by atoms with Gasteiger partial charge in [0.15, 0.2) is 5.82 Å². The molecule has 1 unspecified atom stereocenters. The highest BCUT2D eigenvalue weighted by Gasteiger charge is 2.32. The number of benzene rings is 2. The number of carbonyl (C=O) groups excluding carboxylic acids is 1. The van der Waals surface area contributed by atoms with Gasteiger partial charge >= 0.3 is 6.09 Å². The smallest absolute Gasteiger partial charge is 0.415 e. The third kappa shape index (κ3) is 3.66. The second kappa shape index (κ2) is 8.23. The lowest BCUT2D eigenvalue weighted by Crippen LogP contribution is -2.43. The summed E-state index contributed by atoms with van der Waals surface area (Å²) >= 11 is 0. The van der Waals surface area contributed by atoms with E-state index in [0.717, 1.165) is 18.5 Å². The van der Waals surface area contributed by atoms with Gasteiger partial charge in [0.25, 0.3) is 0 Å². The predicted octanol–water partition coefficient (Wildman–Crippen LogP) is 3.77. The summed E-state index contributed by atoms with van der Waals surface area (Å²) in [5, 5.41) is 14.2. The number of phenolic OH excluding ortho intramolecular Hbond substituents is 1. The lowest BCUT2D eigenvalue weighted by molar-refractivity contribution is 0.157. The Morgan fingerprint density at radius 2 is 2.17 bits per heavy atom. The highest BCUT2D eigenvalue weighted by Crippen LogP contribution is 2.35. The Hall–Kier alpha value is -3.26. The molecule has 3 aromatic rings. The van der Waals surface area contributed by atoms with Crippen LogP contribution in [0, 0.1) is 12.7 Å². The molecule has 1 atom stereocenters. The fourth-order valence-corrected chi connectivity index (χ4v) is 3.71. The zero-order valence-electron chi connectivity index (χ0n) is 16.9. The van der Waals surface area contributed by atoms with Gasteiger partial charge in [0.1, 0.15) is 17.4 Å². The molecular formula is C22H23FN4O3. The summed E-state index contributed by atoms with van der Waals surface area (Å²) in [4.78, 5) is 23.5. The van der Waals surface area contributed by atoms with Gasteiger partial charge in [0, 0.05) is 11.9 Å². The van der Waals surface area contributed by atoms with Gasteiger partial charge < -0.3 is 15.2 Å². The first kappa shape index (κ1) is 20.0. The molecule has 0 radical (unpaired) electrons. The third-order valence-corrected chi connectivity index (χ3v) is 5.14. The number of halogens is 1. The van der Waals surface area contributed by atoms with Crippen LogP contribution in [0.5, 0.6) is 5.75 Å². The van der Waals surface area contributed by atoms with Crippen LogP contribution < -0.4 is 10.2 Å². The third-order valence-electron chi connectivity index (χ3n) is 5.14. The van der Waals surface area contributed by atoms with E-state index in [0.29, 0.717) is 23.3 Å². The molecule has 7 nitrogen and oxygen atoms in total. The molecule has 156 valence electrons. The Morgan fingerprint density at radius 1 is 1.33 bits per heavy atom. The van der Waals surface area contributed by atoms with Crippen LogP contribution in [-0.2, 0) is 4.74 Å². The standard InChI is InChI=1S/C22H23FN4O3/c1-3-30-22(29)27(14-9-10-24-12-14)21-15-8-7-13(2)11-17(15)25-20(26-21)19-16(23)5-4-6-18(19)28/h4-8,11,14,24,28H,3,9-10,12H2,1-2H3. The quantitative estimate of drug-likeness (QED) is 0.681. The highest BCUT2D eigenvalue weighted by atomic mass is 19.1. The van der Waals surface area contributed by atoms with Crippen molar-refractivity contribution in [3.05, 3.63) is 47.8 Å². The van der Waals surface area contributed by atoms with E-state index in [2.05, 4.69) is 15.3 Å². The summed E-state index contributed by atoms with van der Waals surface area (Å²) in [7, 11) is 0. The fourth-order valence-electron chi connectivity index (χ4n) is 3.71. The molecule has 1 amide bonds. The molecule has 0 saturated carbocycles. The van der Waals surface area contributed by atoms with Gasteiger partial charge in [-0.25, -0.2) is 19.2 Å². The van der Waals surface area contributed by atoms with Crippen LogP contribution in [0.15, 0.2) is 36.4 Å². The van der Waals surface area contributed by atoms with Crippen molar-refractivity contribution in [3.8, 4) is 17.1 Å². The van der Waals surface area contributed by atoms with Crippen molar-refractivity contribution in [3.63, 3.8) is 0 Å². The van der Waals surface area contributed by atoms with Crippen LogP contribution in [0.4, 0.5) is 15.0 Å². The lowest BCUT2D eigenvalue weighted by Gasteiger charge is -2.28. The monoisotopic (exact) mass is 410 g/mol. The maximum absolute atomic E-state index is 14.6. The van der Waals surface area contributed by atoms with Gasteiger partial charge in [-0.05, 0) is 56.6 Å². The molecule has 8 heteroatoms. The number of amides is 1. The Labute approximate surface area is 173 Å². The molecule has 0 aliphatic carbocycles. The average Bonchev–Trinajstić information content (AvgIpc) is 3.22. The Kier molecular flexibility index (Phi) is 5.50. The Bertz CT molecular complexity index is 1080. The average molecular weight is 410 g/mol. The summed E-state index contributed by atoms with van der Waals surface area (Å²) < 4.78 is 19.9. The van der Waals surface area contributed by atoms with Crippen molar-refractivity contribution in [2.24, 2.45) is 0 Å². The normalized spacial score (nSPS) is 16.0. The van der Waals surface area contributed by atoms with Gasteiger partial charge in [0.05, 0.1) is 23.7 Å². The van der Waals surface area contributed by atoms with Crippen molar-refractivity contribution in [2.75, 3.05) is 24.6 Å². The number of phenols is 1. The predicted molar refractivity (Wildman–Crippen MR) is 112 cm³/mol. The fraction of sp³-hybridized carbons (Fsp3) is 0.318. The SMILES string of the molecule is CCOC(=O)N(c1nc(-c2c(O)cccc2F)nc2cc(C)ccc12)C1CCNC1. The molecule has 1 saturated heterocycles. The van der Waals surface area contributed by atoms with Crippen molar-refractivity contribution >= 4 is 22.8 Å². The van der Waals surface area contributed by atoms with E-state index in [1.807, 2.05) is 25.1 Å². The molecule has 1 aliphatic rings. The van der Waals surface area contributed by atoms with Crippen LogP contribution in [0.25, 0.3) is 22.3 Å². The summed E-state index contributed by atoms with van der Waals surface area (Å²) in [6.45, 7) is 5.25. The lowest BCUT2D eigenvalue weighted by atomic mass is 10.1. The van der Waals surface area contributed by atoms with Crippen LogP contribution in [0.2, 0.25) is 0 Å². The molecule has 4 rings (SSSR count). The second-order valence-corrected chi connectivity index (χ2v) is 7.24. The highest BCUT2D eigenvalue weighted by molar-refractivity contribution is 6.00. The van der Waals surface area contributed by atoms with Crippen LogP contribution in [0.1, 0.15) is 18.9 Å². The zero-order valence-corrected chi connectivity index (χ0v) is 16.9. The summed E-state index contributed by atoms with van der Waals surface area (Å²) in [5.74, 6) is -0.555. The van der Waals surface area contributed by atoms with E-state index in [1.165, 1.54) is 23.1 Å². The van der Waals surface area contributed by atoms with Gasteiger partial charge in [-0.15, -0.1) is 0 Å². The number of fused-ring (bicyclic) bond motifs is 1. The second-order valence-electron chi connectivity index (χ2n) is 7.24. The van der Waals surface area contributed by atoms with Crippen LogP contribution in [0.3, 0.4) is 0 Å². The number of nitrogens with zero attached hydrogens (tertiary/aromatic N) is 3. The van der Waals surface area contributed by atoms with Gasteiger partial charge in [-0.3, -0.25) is 4.90 Å². The summed E-state index contributed by atoms with van der Waals surface area (Å²) in [6.07, 6.45) is 0.215. The molecule has 2 N–H and O–H groups in total. The molecular weight excluding hydrogens is 387 g/mol. The number of carbonyl (C=O) groups is 1. The molecule has 0 bridgehead atoms. The molecule has 1 fully saturated rings. The maximum atomic E-state index is 14.6. The first-order valence-corrected chi connectivity index (χ1v) is 9.92. The summed E-state index contributed by atoms with van der Waals surface area (Å²) in [6, 6.07) is 9.47. The number of anilines is 1. The Balaban J connectivity index is 1.98. The van der Waals surface area contributed by atoms with E-state index in [-0.39, 0.29) is 29.8 Å². The summed E-state index contributed by atoms with van der Waals surface area (Å²) in [5.41, 5.74) is 1.41.